The van der Waals surface area contributed by atoms with E-state index < -0.39 is 32.5 Å². The minimum atomic E-state index is -6.36. The molecule has 1 fully saturated rings. The maximum atomic E-state index is 13.0. The third kappa shape index (κ3) is 1.27. The average molecular weight is 297 g/mol. The fourth-order valence-electron chi connectivity index (χ4n) is 0.882. The first-order valence-corrected chi connectivity index (χ1v) is 4.96. The Kier molecular flexibility index (Phi) is 2.52. The van der Waals surface area contributed by atoms with Gasteiger partial charge in [-0.25, -0.2) is 4.39 Å². The van der Waals surface area contributed by atoms with Gasteiger partial charge in [0.1, 0.15) is 0 Å². The summed E-state index contributed by atoms with van der Waals surface area (Å²) in [6.07, 6.45) is -5.62. The molecule has 0 aromatic heterocycles. The van der Waals surface area contributed by atoms with Crippen LogP contribution in [0.2, 0.25) is 0 Å². The first kappa shape index (κ1) is 13.8. The Balaban J connectivity index is 3.42. The van der Waals surface area contributed by atoms with Crippen molar-refractivity contribution < 1.29 is 43.3 Å². The fourth-order valence-corrected chi connectivity index (χ4v) is 2.23. The highest BCUT2D eigenvalue weighted by Crippen LogP contribution is 2.62. The van der Waals surface area contributed by atoms with Gasteiger partial charge in [0.05, 0.1) is 0 Å². The number of rotatable bonds is 2. The highest BCUT2D eigenvalue weighted by atomic mass is 35.5. The zero-order valence-electron chi connectivity index (χ0n) is 6.66. The van der Waals surface area contributed by atoms with Crippen LogP contribution in [0.4, 0.5) is 30.7 Å². The molecule has 1 aliphatic rings. The van der Waals surface area contributed by atoms with Gasteiger partial charge in [0, 0.05) is 0 Å². The molecule has 0 saturated carbocycles. The minimum Gasteiger partial charge on any atom is -0.206 e. The molecule has 0 radical (unpaired) electrons. The first-order chi connectivity index (χ1) is 6.71. The van der Waals surface area contributed by atoms with Crippen LogP contribution in [0.5, 0.6) is 0 Å². The Morgan fingerprint density at radius 2 is 1.44 bits per heavy atom. The van der Waals surface area contributed by atoms with E-state index in [1.165, 1.54) is 0 Å². The molecular formula is C4ClF7O3S. The van der Waals surface area contributed by atoms with E-state index in [0.717, 1.165) is 0 Å². The molecule has 1 heterocycles. The number of hydrogen-bond acceptors (Lipinski definition) is 3. The second-order valence-electron chi connectivity index (χ2n) is 2.72. The van der Waals surface area contributed by atoms with Crippen molar-refractivity contribution in [1.82, 2.24) is 0 Å². The molecule has 96 valence electrons. The molecule has 0 aromatic carbocycles. The van der Waals surface area contributed by atoms with E-state index in [4.69, 9.17) is 0 Å². The zero-order valence-corrected chi connectivity index (χ0v) is 8.23. The molecule has 0 aromatic rings. The Morgan fingerprint density at radius 1 is 1.06 bits per heavy atom. The van der Waals surface area contributed by atoms with Crippen molar-refractivity contribution in [2.45, 2.75) is 22.4 Å². The van der Waals surface area contributed by atoms with Gasteiger partial charge in [-0.2, -0.15) is 38.9 Å². The highest BCUT2D eigenvalue weighted by molar-refractivity contribution is 7.89. The topological polar surface area (TPSA) is 43.4 Å². The smallest absolute Gasteiger partial charge is 0.206 e. The molecule has 0 N–H and O–H groups in total. The lowest BCUT2D eigenvalue weighted by atomic mass is 10.2. The molecule has 1 atom stereocenters. The van der Waals surface area contributed by atoms with E-state index in [-0.39, 0.29) is 0 Å². The summed E-state index contributed by atoms with van der Waals surface area (Å²) in [6.45, 7) is 0. The molecular weight excluding hydrogens is 297 g/mol. The van der Waals surface area contributed by atoms with Crippen molar-refractivity contribution in [3.63, 3.8) is 0 Å². The van der Waals surface area contributed by atoms with Gasteiger partial charge in [-0.05, 0) is 11.6 Å². The largest absolute Gasteiger partial charge is 0.427 e. The average Bonchev–Trinajstić information content (AvgIpc) is 1.97. The quantitative estimate of drug-likeness (QED) is 0.445. The van der Waals surface area contributed by atoms with Gasteiger partial charge in [0.15, 0.2) is 0 Å². The predicted molar refractivity (Wildman–Crippen MR) is 34.5 cm³/mol. The first-order valence-electron chi connectivity index (χ1n) is 3.17. The molecule has 1 aliphatic heterocycles. The molecule has 0 spiro atoms. The van der Waals surface area contributed by atoms with Crippen molar-refractivity contribution in [2.75, 3.05) is 0 Å². The Morgan fingerprint density at radius 3 is 1.56 bits per heavy atom. The molecule has 0 unspecified atom stereocenters. The van der Waals surface area contributed by atoms with Crippen molar-refractivity contribution in [3.8, 4) is 0 Å². The van der Waals surface area contributed by atoms with E-state index in [9.17, 15) is 39.2 Å². The normalized spacial score (nSPS) is 33.2. The van der Waals surface area contributed by atoms with E-state index in [1.54, 1.807) is 0 Å². The SMILES string of the molecule is O=S1(=O)OC(F)(F)[C@]1(F)C(F)(F)C(F)(F)Cl. The lowest BCUT2D eigenvalue weighted by Crippen LogP contribution is -2.75. The van der Waals surface area contributed by atoms with Gasteiger partial charge in [-0.1, -0.05) is 0 Å². The van der Waals surface area contributed by atoms with Crippen molar-refractivity contribution >= 4 is 21.7 Å². The van der Waals surface area contributed by atoms with Gasteiger partial charge in [-0.3, -0.25) is 0 Å². The molecule has 0 amide bonds. The summed E-state index contributed by atoms with van der Waals surface area (Å²) in [5.41, 5.74) is 0. The van der Waals surface area contributed by atoms with E-state index in [1.807, 2.05) is 0 Å². The van der Waals surface area contributed by atoms with E-state index in [2.05, 4.69) is 15.8 Å². The third-order valence-corrected chi connectivity index (χ3v) is 3.54. The van der Waals surface area contributed by atoms with Crippen LogP contribution >= 0.6 is 11.6 Å². The third-order valence-electron chi connectivity index (χ3n) is 1.69. The van der Waals surface area contributed by atoms with E-state index >= 15 is 0 Å². The minimum absolute atomic E-state index is 2.50. The highest BCUT2D eigenvalue weighted by Gasteiger charge is 2.94. The van der Waals surface area contributed by atoms with Crippen molar-refractivity contribution in [3.05, 3.63) is 0 Å². The molecule has 3 nitrogen and oxygen atoms in total. The summed E-state index contributed by atoms with van der Waals surface area (Å²) in [6, 6.07) is 0. The second kappa shape index (κ2) is 2.93. The Labute approximate surface area is 88.2 Å². The van der Waals surface area contributed by atoms with Gasteiger partial charge < -0.3 is 0 Å². The number of hydrogen-bond donors (Lipinski definition) is 0. The summed E-state index contributed by atoms with van der Waals surface area (Å²) in [4.78, 5) is 0. The van der Waals surface area contributed by atoms with E-state index in [0.29, 0.717) is 0 Å². The van der Waals surface area contributed by atoms with Gasteiger partial charge in [-0.15, -0.1) is 0 Å². The number of halogens is 8. The van der Waals surface area contributed by atoms with Crippen molar-refractivity contribution in [1.29, 1.82) is 0 Å². The molecule has 1 rings (SSSR count). The summed E-state index contributed by atoms with van der Waals surface area (Å²) in [5.74, 6) is -6.36. The van der Waals surface area contributed by atoms with Crippen LogP contribution in [-0.2, 0) is 14.3 Å². The lowest BCUT2D eigenvalue weighted by molar-refractivity contribution is -0.353. The van der Waals surface area contributed by atoms with Crippen LogP contribution in [0.1, 0.15) is 0 Å². The second-order valence-corrected chi connectivity index (χ2v) is 4.83. The predicted octanol–water partition coefficient (Wildman–Crippen LogP) is 2.07. The fraction of sp³-hybridized carbons (Fsp3) is 1.00. The van der Waals surface area contributed by atoms with Crippen molar-refractivity contribution in [2.24, 2.45) is 0 Å². The van der Waals surface area contributed by atoms with Crippen LogP contribution < -0.4 is 0 Å². The van der Waals surface area contributed by atoms with Crippen LogP contribution in [0.15, 0.2) is 0 Å². The van der Waals surface area contributed by atoms with Gasteiger partial charge >= 0.3 is 32.5 Å². The summed E-state index contributed by atoms with van der Waals surface area (Å²) in [7, 11) is -6.20. The maximum absolute atomic E-state index is 13.0. The van der Waals surface area contributed by atoms with Crippen LogP contribution in [-0.4, -0.2) is 30.8 Å². The molecule has 1 saturated heterocycles. The Bertz CT molecular complexity index is 414. The molecule has 16 heavy (non-hydrogen) atoms. The maximum Gasteiger partial charge on any atom is 0.427 e. The molecule has 0 bridgehead atoms. The monoisotopic (exact) mass is 296 g/mol. The Hall–Kier alpha value is -0.290. The number of alkyl halides is 8. The van der Waals surface area contributed by atoms with Gasteiger partial charge in [0.2, 0.25) is 0 Å². The van der Waals surface area contributed by atoms with Crippen LogP contribution in [0, 0.1) is 0 Å². The molecule has 12 heteroatoms. The summed E-state index contributed by atoms with van der Waals surface area (Å²) < 4.78 is 110. The van der Waals surface area contributed by atoms with Gasteiger partial charge in [0.25, 0.3) is 0 Å². The summed E-state index contributed by atoms with van der Waals surface area (Å²) in [5, 5.41) is -11.7. The van der Waals surface area contributed by atoms with Crippen LogP contribution in [0.3, 0.4) is 0 Å². The lowest BCUT2D eigenvalue weighted by Gasteiger charge is -2.44. The summed E-state index contributed by atoms with van der Waals surface area (Å²) >= 11 is 3.70. The standard InChI is InChI=1S/C4ClF7O3S/c5-3(9,10)1(6,7)2(8)4(11,12)15-16(2,13)14/t2-/m0/s1. The molecule has 0 aliphatic carbocycles. The zero-order chi connectivity index (χ0) is 13.2. The van der Waals surface area contributed by atoms with Crippen LogP contribution in [0.25, 0.3) is 0 Å².